The summed E-state index contributed by atoms with van der Waals surface area (Å²) in [7, 11) is 0. The van der Waals surface area contributed by atoms with Crippen LogP contribution < -0.4 is 21.3 Å². The minimum atomic E-state index is -0.674. The highest BCUT2D eigenvalue weighted by atomic mass is 32.2. The van der Waals surface area contributed by atoms with Crippen molar-refractivity contribution >= 4 is 114 Å². The number of amides is 4. The second-order valence-corrected chi connectivity index (χ2v) is 28.8. The first-order chi connectivity index (χ1) is 51.3. The summed E-state index contributed by atoms with van der Waals surface area (Å²) in [6.07, 6.45) is 8.60. The average molecular weight is 1590 g/mol. The normalized spacial score (nSPS) is 16.9. The van der Waals surface area contributed by atoms with E-state index in [1.54, 1.807) is 0 Å². The Morgan fingerprint density at radius 2 is 0.509 bits per heavy atom. The standard InChI is InChI=1S/C32H59NO15S.3C13H21NO4S/c34-6-10-45-24-32(25-46-11-7-35,26-47-12-8-36)27-48-22-21-44-20-19-43-18-17-42-16-15-41-14-13-40-9-1-2-28(37)3-4-30(38)33-29-5-23-49-31(29)39;3*1-2-18-8-3-4-10(15)5-6-12(16)14-11-7-9-19-13(11)17/h29,34-36H,1-27H2,(H,33,38);3*11H,2-9H2,1H3,(H,14,16). The fourth-order valence-corrected chi connectivity index (χ4v) is 13.4. The van der Waals surface area contributed by atoms with Crippen molar-refractivity contribution < 1.29 is 130 Å². The van der Waals surface area contributed by atoms with Crippen LogP contribution in [-0.4, -0.2) is 308 Å². The third kappa shape index (κ3) is 56.3. The van der Waals surface area contributed by atoms with Gasteiger partial charge in [0.1, 0.15) is 23.1 Å². The molecule has 4 aliphatic rings. The SMILES string of the molecule is CCOCCCC(=O)CCC(=O)NC1CCSC1=O.CCOCCCC(=O)CCC(=O)NC1CCSC1=O.CCOCCCC(=O)CCC(=O)NC1CCSC1=O.O=C(CCCOCCOCCOCCOCCOCCOCC(COCCO)(COCCO)COCCO)CCC(=O)NC1CCSC1=O. The van der Waals surface area contributed by atoms with Gasteiger partial charge in [-0.2, -0.15) is 0 Å². The van der Waals surface area contributed by atoms with Gasteiger partial charge in [-0.15, -0.1) is 0 Å². The molecule has 4 rings (SSSR count). The Bertz CT molecular complexity index is 2260. The molecule has 0 spiro atoms. The molecule has 0 saturated carbocycles. The molecule has 4 amide bonds. The molecule has 35 heteroatoms. The lowest BCUT2D eigenvalue weighted by molar-refractivity contribution is -0.127. The third-order valence-corrected chi connectivity index (χ3v) is 19.4. The monoisotopic (exact) mass is 1590 g/mol. The molecule has 0 aliphatic carbocycles. The summed E-state index contributed by atoms with van der Waals surface area (Å²) in [5.41, 5.74) is -0.674. The van der Waals surface area contributed by atoms with Gasteiger partial charge in [-0.1, -0.05) is 47.0 Å². The molecule has 4 fully saturated rings. The van der Waals surface area contributed by atoms with Crippen LogP contribution in [0, 0.1) is 5.41 Å². The molecule has 0 aromatic rings. The van der Waals surface area contributed by atoms with Gasteiger partial charge < -0.3 is 93.4 Å². The van der Waals surface area contributed by atoms with Crippen LogP contribution in [0.3, 0.4) is 0 Å². The van der Waals surface area contributed by atoms with Crippen LogP contribution in [0.25, 0.3) is 0 Å². The first-order valence-corrected chi connectivity index (χ1v) is 41.0. The molecular formula is C71H122N4O27S4. The Balaban J connectivity index is 0.000000803. The second kappa shape index (κ2) is 69.0. The van der Waals surface area contributed by atoms with Gasteiger partial charge >= 0.3 is 0 Å². The van der Waals surface area contributed by atoms with Gasteiger partial charge in [-0.3, -0.25) is 57.5 Å². The fourth-order valence-electron chi connectivity index (χ4n) is 9.70. The van der Waals surface area contributed by atoms with E-state index < -0.39 is 11.5 Å². The molecule has 106 heavy (non-hydrogen) atoms. The van der Waals surface area contributed by atoms with Gasteiger partial charge in [-0.05, 0) is 72.1 Å². The lowest BCUT2D eigenvalue weighted by atomic mass is 9.92. The maximum Gasteiger partial charge on any atom is 0.221 e. The molecule has 7 N–H and O–H groups in total. The number of aliphatic hydroxyl groups excluding tert-OH is 3. The highest BCUT2D eigenvalue weighted by Crippen LogP contribution is 2.24. The number of aliphatic hydroxyl groups is 3. The molecule has 4 unspecified atom stereocenters. The van der Waals surface area contributed by atoms with Gasteiger partial charge in [0.05, 0.1) is 162 Å². The number of Topliss-reactive ketones (excluding diaryl/α,β-unsaturated/α-hetero) is 4. The zero-order valence-electron chi connectivity index (χ0n) is 62.6. The number of nitrogens with one attached hydrogen (secondary N) is 4. The van der Waals surface area contributed by atoms with Crippen LogP contribution in [-0.2, 0) is 114 Å². The first-order valence-electron chi connectivity index (χ1n) is 37.0. The van der Waals surface area contributed by atoms with Gasteiger partial charge in [0.2, 0.25) is 44.1 Å². The Hall–Kier alpha value is -3.96. The van der Waals surface area contributed by atoms with Crippen molar-refractivity contribution in [3.8, 4) is 0 Å². The molecule has 4 saturated heterocycles. The smallest absolute Gasteiger partial charge is 0.221 e. The van der Waals surface area contributed by atoms with Crippen molar-refractivity contribution in [2.75, 3.05) is 201 Å². The Kier molecular flexibility index (Phi) is 65.1. The minimum absolute atomic E-state index is 0.00198. The predicted octanol–water partition coefficient (Wildman–Crippen LogP) is 3.28. The highest BCUT2D eigenvalue weighted by Gasteiger charge is 2.34. The van der Waals surface area contributed by atoms with Crippen molar-refractivity contribution in [1.29, 1.82) is 0 Å². The van der Waals surface area contributed by atoms with Crippen LogP contribution in [0.4, 0.5) is 0 Å². The molecule has 4 aliphatic heterocycles. The van der Waals surface area contributed by atoms with Crippen LogP contribution in [0.5, 0.6) is 0 Å². The molecule has 0 aromatic carbocycles. The summed E-state index contributed by atoms with van der Waals surface area (Å²) < 4.78 is 65.2. The largest absolute Gasteiger partial charge is 0.394 e. The van der Waals surface area contributed by atoms with Crippen molar-refractivity contribution in [2.24, 2.45) is 5.41 Å². The summed E-state index contributed by atoms with van der Waals surface area (Å²) in [6, 6.07) is -1.48. The van der Waals surface area contributed by atoms with Gasteiger partial charge in [0.15, 0.2) is 0 Å². The van der Waals surface area contributed by atoms with Crippen LogP contribution >= 0.6 is 47.0 Å². The molecular weight excluding hydrogens is 1470 g/mol. The van der Waals surface area contributed by atoms with E-state index in [1.807, 2.05) is 20.8 Å². The van der Waals surface area contributed by atoms with E-state index >= 15 is 0 Å². The van der Waals surface area contributed by atoms with Crippen LogP contribution in [0.15, 0.2) is 0 Å². The quantitative estimate of drug-likeness (QED) is 0.0430. The van der Waals surface area contributed by atoms with Gasteiger partial charge in [-0.25, -0.2) is 0 Å². The van der Waals surface area contributed by atoms with E-state index in [2.05, 4.69) is 21.3 Å². The van der Waals surface area contributed by atoms with E-state index in [9.17, 15) is 57.5 Å². The highest BCUT2D eigenvalue weighted by molar-refractivity contribution is 8.14. The van der Waals surface area contributed by atoms with Gasteiger partial charge in [0, 0.05) is 146 Å². The Morgan fingerprint density at radius 3 is 0.717 bits per heavy atom. The number of thioether (sulfide) groups is 4. The molecule has 0 radical (unpaired) electrons. The molecule has 4 atom stereocenters. The minimum Gasteiger partial charge on any atom is -0.394 e. The Labute approximate surface area is 642 Å². The number of hydrogen-bond acceptors (Lipinski definition) is 31. The summed E-state index contributed by atoms with van der Waals surface area (Å²) in [5.74, 6) is 2.35. The van der Waals surface area contributed by atoms with E-state index in [4.69, 9.17) is 72.2 Å². The van der Waals surface area contributed by atoms with Crippen molar-refractivity contribution in [3.05, 3.63) is 0 Å². The molecule has 0 aromatic heterocycles. The molecule has 0 bridgehead atoms. The summed E-state index contributed by atoms with van der Waals surface area (Å²) in [4.78, 5) is 139. The number of ether oxygens (including phenoxy) is 12. The number of hydrogen-bond donors (Lipinski definition) is 7. The van der Waals surface area contributed by atoms with Crippen molar-refractivity contribution in [2.45, 2.75) is 173 Å². The lowest BCUT2D eigenvalue weighted by Crippen LogP contribution is -2.42. The maximum atomic E-state index is 12.0. The predicted molar refractivity (Wildman–Crippen MR) is 400 cm³/mol. The van der Waals surface area contributed by atoms with E-state index in [0.29, 0.717) is 189 Å². The second-order valence-electron chi connectivity index (χ2n) is 24.4. The number of ketones is 4. The summed E-state index contributed by atoms with van der Waals surface area (Å²) in [6.45, 7) is 14.9. The van der Waals surface area contributed by atoms with Crippen LogP contribution in [0.1, 0.15) is 149 Å². The fraction of sp³-hybridized carbons (Fsp3) is 0.831. The third-order valence-electron chi connectivity index (χ3n) is 15.4. The Morgan fingerprint density at radius 1 is 0.302 bits per heavy atom. The average Bonchev–Trinajstić information content (AvgIpc) is 1.09. The summed E-state index contributed by atoms with van der Waals surface area (Å²) in [5, 5.41) is 37.9. The zero-order chi connectivity index (χ0) is 77.9. The van der Waals surface area contributed by atoms with Crippen LogP contribution in [0.2, 0.25) is 0 Å². The number of carbonyl (C=O) groups is 12. The first kappa shape index (κ1) is 100. The lowest BCUT2D eigenvalue weighted by Gasteiger charge is -2.32. The molecule has 31 nitrogen and oxygen atoms in total. The molecule has 612 valence electrons. The maximum absolute atomic E-state index is 12.0. The van der Waals surface area contributed by atoms with Crippen molar-refractivity contribution in [3.63, 3.8) is 0 Å². The van der Waals surface area contributed by atoms with E-state index in [1.165, 1.54) is 47.0 Å². The number of rotatable bonds is 64. The van der Waals surface area contributed by atoms with E-state index in [-0.39, 0.29) is 203 Å². The topological polar surface area (TPSA) is 424 Å². The van der Waals surface area contributed by atoms with Crippen molar-refractivity contribution in [1.82, 2.24) is 21.3 Å². The van der Waals surface area contributed by atoms with Gasteiger partial charge in [0.25, 0.3) is 0 Å². The summed E-state index contributed by atoms with van der Waals surface area (Å²) >= 11 is 4.99. The van der Waals surface area contributed by atoms with E-state index in [0.717, 1.165) is 23.0 Å². The zero-order valence-corrected chi connectivity index (χ0v) is 65.9. The number of carbonyl (C=O) groups excluding carboxylic acids is 12. The molecule has 4 heterocycles.